The minimum atomic E-state index is -1.88. The number of carbonyl (C=O) groups excluding carboxylic acids is 4. The summed E-state index contributed by atoms with van der Waals surface area (Å²) in [5.41, 5.74) is -2.07. The minimum Gasteiger partial charge on any atom is -0.459 e. The number of benzene rings is 4. The lowest BCUT2D eigenvalue weighted by Crippen LogP contribution is -2.61. The monoisotopic (exact) mass is 730 g/mol. The number of carbonyl (C=O) groups is 4. The molecular weight excluding hydrogens is 708 g/mol. The van der Waals surface area contributed by atoms with E-state index in [0.29, 0.717) is 0 Å². The first-order chi connectivity index (χ1) is 23.0. The van der Waals surface area contributed by atoms with E-state index in [1.807, 2.05) is 0 Å². The van der Waals surface area contributed by atoms with Gasteiger partial charge in [-0.25, -0.2) is 36.7 Å². The molecule has 48 heavy (non-hydrogen) atoms. The maximum atomic E-state index is 14.6. The molecule has 14 heteroatoms. The molecule has 0 N–H and O–H groups in total. The molecule has 1 aliphatic heterocycles. The molecule has 0 unspecified atom stereocenters. The van der Waals surface area contributed by atoms with Crippen LogP contribution in [0.3, 0.4) is 0 Å². The summed E-state index contributed by atoms with van der Waals surface area (Å²) < 4.78 is 85.8. The van der Waals surface area contributed by atoms with Crippen LogP contribution in [0.1, 0.15) is 41.4 Å². The van der Waals surface area contributed by atoms with E-state index in [4.69, 9.17) is 23.7 Å². The van der Waals surface area contributed by atoms with Crippen LogP contribution in [0.2, 0.25) is 0 Å². The van der Waals surface area contributed by atoms with E-state index >= 15 is 0 Å². The highest BCUT2D eigenvalue weighted by Gasteiger charge is 2.52. The molecule has 0 aliphatic carbocycles. The molecule has 4 aromatic carbocycles. The molecule has 9 nitrogen and oxygen atoms in total. The van der Waals surface area contributed by atoms with Crippen LogP contribution < -0.4 is 0 Å². The van der Waals surface area contributed by atoms with Gasteiger partial charge in [0.1, 0.15) is 36.0 Å². The molecule has 5 atom stereocenters. The van der Waals surface area contributed by atoms with Gasteiger partial charge < -0.3 is 23.7 Å². The number of hydrogen-bond acceptors (Lipinski definition) is 9. The molecule has 0 bridgehead atoms. The normalized spacial score (nSPS) is 20.3. The van der Waals surface area contributed by atoms with Crippen molar-refractivity contribution in [3.05, 3.63) is 143 Å². The second-order valence-corrected chi connectivity index (χ2v) is 11.1. The van der Waals surface area contributed by atoms with Gasteiger partial charge in [-0.15, -0.1) is 0 Å². The lowest BCUT2D eigenvalue weighted by atomic mass is 9.98. The van der Waals surface area contributed by atoms with Gasteiger partial charge in [0, 0.05) is 0 Å². The van der Waals surface area contributed by atoms with Crippen molar-refractivity contribution in [2.75, 3.05) is 6.61 Å². The topological polar surface area (TPSA) is 114 Å². The van der Waals surface area contributed by atoms with E-state index in [0.717, 1.165) is 48.5 Å². The Morgan fingerprint density at radius 3 is 1.25 bits per heavy atom. The summed E-state index contributed by atoms with van der Waals surface area (Å²) in [5, 5.41) is -1.42. The van der Waals surface area contributed by atoms with Gasteiger partial charge in [-0.05, 0) is 48.5 Å². The quantitative estimate of drug-likeness (QED) is 0.0860. The Hall–Kier alpha value is -5.08. The van der Waals surface area contributed by atoms with E-state index < -0.39 is 105 Å². The summed E-state index contributed by atoms with van der Waals surface area (Å²) in [4.78, 5) is 52.4. The average Bonchev–Trinajstić information content (AvgIpc) is 3.07. The van der Waals surface area contributed by atoms with Gasteiger partial charge in [-0.2, -0.15) is 0 Å². The van der Waals surface area contributed by atoms with Gasteiger partial charge in [-0.1, -0.05) is 64.5 Å². The Morgan fingerprint density at radius 2 is 0.854 bits per heavy atom. The highest BCUT2D eigenvalue weighted by Crippen LogP contribution is 2.34. The third kappa shape index (κ3) is 7.72. The number of hydrogen-bond donors (Lipinski definition) is 0. The van der Waals surface area contributed by atoms with Crippen molar-refractivity contribution >= 4 is 39.8 Å². The number of halogens is 5. The van der Waals surface area contributed by atoms with Crippen molar-refractivity contribution in [1.82, 2.24) is 0 Å². The Labute approximate surface area is 278 Å². The van der Waals surface area contributed by atoms with Crippen LogP contribution in [0.4, 0.5) is 17.6 Å². The second kappa shape index (κ2) is 15.2. The molecule has 1 saturated heterocycles. The molecule has 1 heterocycles. The van der Waals surface area contributed by atoms with Gasteiger partial charge >= 0.3 is 23.9 Å². The lowest BCUT2D eigenvalue weighted by Gasteiger charge is -2.43. The fourth-order valence-electron chi connectivity index (χ4n) is 4.71. The highest BCUT2D eigenvalue weighted by molar-refractivity contribution is 9.09. The molecule has 0 aromatic heterocycles. The van der Waals surface area contributed by atoms with Crippen molar-refractivity contribution in [1.29, 1.82) is 0 Å². The Bertz CT molecular complexity index is 1840. The number of rotatable bonds is 9. The fourth-order valence-corrected chi connectivity index (χ4v) is 5.39. The largest absolute Gasteiger partial charge is 0.459 e. The predicted octanol–water partition coefficient (Wildman–Crippen LogP) is 6.20. The number of esters is 4. The van der Waals surface area contributed by atoms with Crippen LogP contribution in [0.5, 0.6) is 0 Å². The van der Waals surface area contributed by atoms with Crippen molar-refractivity contribution in [3.8, 4) is 0 Å². The zero-order chi connectivity index (χ0) is 34.4. The molecule has 0 radical (unpaired) electrons. The molecule has 0 spiro atoms. The predicted molar refractivity (Wildman–Crippen MR) is 161 cm³/mol. The van der Waals surface area contributed by atoms with Crippen molar-refractivity contribution in [2.45, 2.75) is 29.4 Å². The van der Waals surface area contributed by atoms with E-state index in [-0.39, 0.29) is 0 Å². The van der Waals surface area contributed by atoms with Gasteiger partial charge in [0.2, 0.25) is 0 Å². The minimum absolute atomic E-state index is 0.442. The van der Waals surface area contributed by atoms with E-state index in [1.165, 1.54) is 48.5 Å². The molecule has 1 fully saturated rings. The van der Waals surface area contributed by atoms with Gasteiger partial charge in [0.15, 0.2) is 23.3 Å². The summed E-state index contributed by atoms with van der Waals surface area (Å²) in [6, 6.07) is 19.2. The van der Waals surface area contributed by atoms with Crippen LogP contribution >= 0.6 is 15.9 Å². The van der Waals surface area contributed by atoms with Crippen LogP contribution in [0.25, 0.3) is 0 Å². The Morgan fingerprint density at radius 1 is 0.521 bits per heavy atom. The second-order valence-electron chi connectivity index (χ2n) is 10.2. The van der Waals surface area contributed by atoms with Gasteiger partial charge in [0.25, 0.3) is 0 Å². The fraction of sp³-hybridized carbons (Fsp3) is 0.176. The van der Waals surface area contributed by atoms with Crippen LogP contribution in [0, 0.1) is 23.3 Å². The Kier molecular flexibility index (Phi) is 10.9. The lowest BCUT2D eigenvalue weighted by molar-refractivity contribution is -0.205. The standard InChI is InChI=1S/C34H23BrF4O9/c35-30-29(48-34(43)21-12-4-8-16-25(21)39)28(47-33(42)20-11-3-7-15-24(20)38)27(46-32(41)19-10-2-6-14-23(19)37)26(45-30)17-44-31(40)18-9-1-5-13-22(18)36/h1-16,26-30H,17H2/t26-,27-,28+,29-,30+/m1/s1. The smallest absolute Gasteiger partial charge is 0.341 e. The molecular formula is C34H23BrF4O9. The van der Waals surface area contributed by atoms with Gasteiger partial charge in [0.05, 0.1) is 22.3 Å². The van der Waals surface area contributed by atoms with Crippen molar-refractivity contribution in [2.24, 2.45) is 0 Å². The molecule has 248 valence electrons. The summed E-state index contributed by atoms with van der Waals surface area (Å²) in [6.07, 6.45) is -7.01. The van der Waals surface area contributed by atoms with E-state index in [2.05, 4.69) is 15.9 Å². The zero-order valence-corrected chi connectivity index (χ0v) is 26.0. The summed E-state index contributed by atoms with van der Waals surface area (Å²) >= 11 is 3.17. The highest BCUT2D eigenvalue weighted by atomic mass is 79.9. The van der Waals surface area contributed by atoms with E-state index in [9.17, 15) is 36.7 Å². The first kappa shape index (κ1) is 34.3. The molecule has 0 saturated carbocycles. The number of alkyl halides is 1. The Balaban J connectivity index is 1.53. The molecule has 4 aromatic rings. The third-order valence-corrected chi connectivity index (χ3v) is 7.80. The molecule has 5 rings (SSSR count). The molecule has 0 amide bonds. The molecule has 1 aliphatic rings. The first-order valence-electron chi connectivity index (χ1n) is 14.1. The van der Waals surface area contributed by atoms with Crippen LogP contribution in [-0.2, 0) is 23.7 Å². The van der Waals surface area contributed by atoms with Crippen LogP contribution in [-0.4, -0.2) is 59.9 Å². The SMILES string of the molecule is O=C(OC[C@H]1O[C@H](Br)[C@H](OC(=O)c2ccccc2F)[C@@H](OC(=O)c2ccccc2F)[C@@H]1OC(=O)c1ccccc1F)c1ccccc1F. The maximum Gasteiger partial charge on any atom is 0.341 e. The van der Waals surface area contributed by atoms with Gasteiger partial charge in [-0.3, -0.25) is 0 Å². The van der Waals surface area contributed by atoms with E-state index in [1.54, 1.807) is 0 Å². The maximum absolute atomic E-state index is 14.6. The third-order valence-electron chi connectivity index (χ3n) is 7.06. The van der Waals surface area contributed by atoms with Crippen molar-refractivity contribution < 1.29 is 60.4 Å². The summed E-state index contributed by atoms with van der Waals surface area (Å²) in [6.45, 7) is -0.772. The first-order valence-corrected chi connectivity index (χ1v) is 15.0. The van der Waals surface area contributed by atoms with Crippen LogP contribution in [0.15, 0.2) is 97.1 Å². The summed E-state index contributed by atoms with van der Waals surface area (Å²) in [7, 11) is 0. The van der Waals surface area contributed by atoms with Crippen molar-refractivity contribution in [3.63, 3.8) is 0 Å². The zero-order valence-electron chi connectivity index (χ0n) is 24.4. The summed E-state index contributed by atoms with van der Waals surface area (Å²) in [5.74, 6) is -8.82. The number of ether oxygens (including phenoxy) is 5. The average molecular weight is 731 g/mol.